The van der Waals surface area contributed by atoms with E-state index in [1.165, 1.54) is 11.1 Å². The summed E-state index contributed by atoms with van der Waals surface area (Å²) in [6, 6.07) is 9.48. The first-order valence-electron chi connectivity index (χ1n) is 6.73. The Balaban J connectivity index is 2.12. The Morgan fingerprint density at radius 3 is 2.62 bits per heavy atom. The zero-order chi connectivity index (χ0) is 15.2. The van der Waals surface area contributed by atoms with Gasteiger partial charge in [0.1, 0.15) is 0 Å². The van der Waals surface area contributed by atoms with Crippen LogP contribution >= 0.6 is 0 Å². The maximum Gasteiger partial charge on any atom is 0.305 e. The van der Waals surface area contributed by atoms with Crippen LogP contribution in [0.3, 0.4) is 0 Å². The van der Waals surface area contributed by atoms with Crippen LogP contribution in [0, 0.1) is 0 Å². The van der Waals surface area contributed by atoms with Gasteiger partial charge in [0.25, 0.3) is 5.91 Å². The molecule has 6 heteroatoms. The molecule has 0 spiro atoms. The third kappa shape index (κ3) is 3.68. The summed E-state index contributed by atoms with van der Waals surface area (Å²) in [6.07, 6.45) is 3.09. The highest BCUT2D eigenvalue weighted by Crippen LogP contribution is 2.10. The molecule has 0 radical (unpaired) electrons. The van der Waals surface area contributed by atoms with Crippen molar-refractivity contribution in [2.24, 2.45) is 0 Å². The zero-order valence-corrected chi connectivity index (χ0v) is 11.8. The Kier molecular flexibility index (Phi) is 4.71. The number of rotatable bonds is 6. The summed E-state index contributed by atoms with van der Waals surface area (Å²) in [5, 5.41) is 12.9. The molecule has 0 aliphatic heterocycles. The number of hydrogen-bond donors (Lipinski definition) is 1. The van der Waals surface area contributed by atoms with Crippen LogP contribution in [-0.4, -0.2) is 44.8 Å². The van der Waals surface area contributed by atoms with Crippen molar-refractivity contribution in [2.45, 2.75) is 13.3 Å². The first kappa shape index (κ1) is 14.8. The Labute approximate surface area is 122 Å². The van der Waals surface area contributed by atoms with Crippen molar-refractivity contribution in [3.63, 3.8) is 0 Å². The predicted octanol–water partition coefficient (Wildman–Crippen LogP) is 1.81. The fraction of sp³-hybridized carbons (Fsp3) is 0.267. The molecule has 21 heavy (non-hydrogen) atoms. The molecule has 110 valence electrons. The Bertz CT molecular complexity index is 622. The molecule has 1 aromatic carbocycles. The molecule has 1 aromatic heterocycles. The first-order valence-corrected chi connectivity index (χ1v) is 6.73. The van der Waals surface area contributed by atoms with Crippen molar-refractivity contribution in [3.05, 3.63) is 48.3 Å². The van der Waals surface area contributed by atoms with Gasteiger partial charge >= 0.3 is 5.97 Å². The molecule has 2 aromatic rings. The SMILES string of the molecule is CCN(CCC(=O)O)C(=O)c1cnn(-c2ccccc2)c1. The summed E-state index contributed by atoms with van der Waals surface area (Å²) in [5.74, 6) is -1.12. The second-order valence-corrected chi connectivity index (χ2v) is 4.54. The summed E-state index contributed by atoms with van der Waals surface area (Å²) in [6.45, 7) is 2.48. The number of para-hydroxylation sites is 1. The standard InChI is InChI=1S/C15H17N3O3/c1-2-17(9-8-14(19)20)15(21)12-10-16-18(11-12)13-6-4-3-5-7-13/h3-7,10-11H,2,8-9H2,1H3,(H,19,20). The molecule has 2 rings (SSSR count). The number of amides is 1. The molecule has 0 bridgehead atoms. The molecule has 0 fully saturated rings. The lowest BCUT2D eigenvalue weighted by Crippen LogP contribution is -2.32. The van der Waals surface area contributed by atoms with Gasteiger partial charge in [-0.25, -0.2) is 4.68 Å². The minimum atomic E-state index is -0.916. The molecule has 1 heterocycles. The minimum Gasteiger partial charge on any atom is -0.481 e. The Morgan fingerprint density at radius 1 is 1.29 bits per heavy atom. The second kappa shape index (κ2) is 6.69. The van der Waals surface area contributed by atoms with Crippen molar-refractivity contribution in [2.75, 3.05) is 13.1 Å². The molecule has 0 atom stereocenters. The van der Waals surface area contributed by atoms with Crippen LogP contribution in [0.25, 0.3) is 5.69 Å². The lowest BCUT2D eigenvalue weighted by Gasteiger charge is -2.18. The Morgan fingerprint density at radius 2 is 2.00 bits per heavy atom. The van der Waals surface area contributed by atoms with Gasteiger partial charge in [0.2, 0.25) is 0 Å². The third-order valence-electron chi connectivity index (χ3n) is 3.11. The second-order valence-electron chi connectivity index (χ2n) is 4.54. The van der Waals surface area contributed by atoms with Crippen LogP contribution in [0.2, 0.25) is 0 Å². The quantitative estimate of drug-likeness (QED) is 0.879. The van der Waals surface area contributed by atoms with E-state index >= 15 is 0 Å². The highest BCUT2D eigenvalue weighted by atomic mass is 16.4. The lowest BCUT2D eigenvalue weighted by molar-refractivity contribution is -0.137. The highest BCUT2D eigenvalue weighted by molar-refractivity contribution is 5.94. The number of nitrogens with zero attached hydrogens (tertiary/aromatic N) is 3. The monoisotopic (exact) mass is 287 g/mol. The van der Waals surface area contributed by atoms with E-state index < -0.39 is 5.97 Å². The topological polar surface area (TPSA) is 75.4 Å². The van der Waals surface area contributed by atoms with E-state index in [0.717, 1.165) is 5.69 Å². The molecular weight excluding hydrogens is 270 g/mol. The average molecular weight is 287 g/mol. The van der Waals surface area contributed by atoms with E-state index in [0.29, 0.717) is 12.1 Å². The molecule has 0 saturated carbocycles. The van der Waals surface area contributed by atoms with Crippen molar-refractivity contribution in [1.29, 1.82) is 0 Å². The molecule has 1 amide bonds. The van der Waals surface area contributed by atoms with Gasteiger partial charge in [0.15, 0.2) is 0 Å². The number of carboxylic acid groups (broad SMARTS) is 1. The molecular formula is C15H17N3O3. The van der Waals surface area contributed by atoms with Crippen LogP contribution in [0.15, 0.2) is 42.7 Å². The van der Waals surface area contributed by atoms with E-state index in [2.05, 4.69) is 5.10 Å². The van der Waals surface area contributed by atoms with Crippen LogP contribution in [0.5, 0.6) is 0 Å². The number of carbonyl (C=O) groups is 2. The fourth-order valence-corrected chi connectivity index (χ4v) is 1.97. The summed E-state index contributed by atoms with van der Waals surface area (Å²) in [5.41, 5.74) is 1.32. The molecule has 0 aliphatic rings. The van der Waals surface area contributed by atoms with Gasteiger partial charge in [0, 0.05) is 19.3 Å². The van der Waals surface area contributed by atoms with Gasteiger partial charge in [-0.3, -0.25) is 9.59 Å². The molecule has 0 saturated heterocycles. The maximum absolute atomic E-state index is 12.3. The molecule has 6 nitrogen and oxygen atoms in total. The van der Waals surface area contributed by atoms with Gasteiger partial charge in [-0.1, -0.05) is 18.2 Å². The molecule has 0 aliphatic carbocycles. The number of carbonyl (C=O) groups excluding carboxylic acids is 1. The van der Waals surface area contributed by atoms with E-state index in [-0.39, 0.29) is 18.9 Å². The van der Waals surface area contributed by atoms with Crippen molar-refractivity contribution in [1.82, 2.24) is 14.7 Å². The van der Waals surface area contributed by atoms with Crippen LogP contribution < -0.4 is 0 Å². The van der Waals surface area contributed by atoms with E-state index in [1.807, 2.05) is 37.3 Å². The van der Waals surface area contributed by atoms with E-state index in [4.69, 9.17) is 5.11 Å². The minimum absolute atomic E-state index is 0.0631. The van der Waals surface area contributed by atoms with Crippen molar-refractivity contribution in [3.8, 4) is 5.69 Å². The van der Waals surface area contributed by atoms with Gasteiger partial charge in [-0.05, 0) is 19.1 Å². The van der Waals surface area contributed by atoms with Gasteiger partial charge in [-0.2, -0.15) is 5.10 Å². The first-order chi connectivity index (χ1) is 10.1. The summed E-state index contributed by atoms with van der Waals surface area (Å²) < 4.78 is 1.62. The fourth-order valence-electron chi connectivity index (χ4n) is 1.97. The van der Waals surface area contributed by atoms with Gasteiger partial charge in [-0.15, -0.1) is 0 Å². The summed E-state index contributed by atoms with van der Waals surface area (Å²) >= 11 is 0. The predicted molar refractivity (Wildman–Crippen MR) is 77.4 cm³/mol. The third-order valence-corrected chi connectivity index (χ3v) is 3.11. The smallest absolute Gasteiger partial charge is 0.305 e. The molecule has 0 unspecified atom stereocenters. The number of aromatic nitrogens is 2. The average Bonchev–Trinajstić information content (AvgIpc) is 2.98. The lowest BCUT2D eigenvalue weighted by atomic mass is 10.2. The van der Waals surface area contributed by atoms with Crippen molar-refractivity contribution >= 4 is 11.9 Å². The van der Waals surface area contributed by atoms with Gasteiger partial charge < -0.3 is 10.0 Å². The number of hydrogen-bond acceptors (Lipinski definition) is 3. The Hall–Kier alpha value is -2.63. The largest absolute Gasteiger partial charge is 0.481 e. The maximum atomic E-state index is 12.3. The number of aliphatic carboxylic acids is 1. The molecule has 1 N–H and O–H groups in total. The number of benzene rings is 1. The van der Waals surface area contributed by atoms with Crippen molar-refractivity contribution < 1.29 is 14.7 Å². The normalized spacial score (nSPS) is 10.3. The van der Waals surface area contributed by atoms with Crippen LogP contribution in [-0.2, 0) is 4.79 Å². The van der Waals surface area contributed by atoms with Crippen LogP contribution in [0.4, 0.5) is 0 Å². The zero-order valence-electron chi connectivity index (χ0n) is 11.8. The van der Waals surface area contributed by atoms with Gasteiger partial charge in [0.05, 0.1) is 23.9 Å². The number of carboxylic acids is 1. The highest BCUT2D eigenvalue weighted by Gasteiger charge is 2.17. The van der Waals surface area contributed by atoms with Crippen LogP contribution in [0.1, 0.15) is 23.7 Å². The summed E-state index contributed by atoms with van der Waals surface area (Å²) in [7, 11) is 0. The van der Waals surface area contributed by atoms with E-state index in [9.17, 15) is 9.59 Å². The summed E-state index contributed by atoms with van der Waals surface area (Å²) in [4.78, 5) is 24.4. The van der Waals surface area contributed by atoms with E-state index in [1.54, 1.807) is 10.9 Å².